The van der Waals surface area contributed by atoms with Crippen molar-refractivity contribution in [2.45, 2.75) is 52.4 Å². The second-order valence-electron chi connectivity index (χ2n) is 7.19. The molecule has 0 spiro atoms. The molecule has 0 saturated heterocycles. The molecule has 4 aromatic carbocycles. The van der Waals surface area contributed by atoms with E-state index >= 15 is 0 Å². The van der Waals surface area contributed by atoms with E-state index in [1.54, 1.807) is 0 Å². The predicted octanol–water partition coefficient (Wildman–Crippen LogP) is 1.78. The van der Waals surface area contributed by atoms with Crippen LogP contribution in [0.5, 0.6) is 0 Å². The Hall–Kier alpha value is -1.01. The van der Waals surface area contributed by atoms with Crippen LogP contribution in [0.15, 0.2) is 72.8 Å². The normalized spacial score (nSPS) is 9.60. The summed E-state index contributed by atoms with van der Waals surface area (Å²) in [6, 6.07) is 26.4. The number of hydrogen-bond donors (Lipinski definition) is 0. The van der Waals surface area contributed by atoms with E-state index in [2.05, 4.69) is 90.9 Å². The Balaban J connectivity index is 0.000000488. The van der Waals surface area contributed by atoms with Crippen LogP contribution in [0.1, 0.15) is 50.7 Å². The van der Waals surface area contributed by atoms with Crippen LogP contribution in [-0.2, 0) is 37.1 Å². The van der Waals surface area contributed by atoms with Gasteiger partial charge in [-0.3, -0.25) is 0 Å². The number of rotatable bonds is 6. The van der Waals surface area contributed by atoms with Crippen molar-refractivity contribution >= 4 is 25.8 Å². The van der Waals surface area contributed by atoms with Crippen molar-refractivity contribution in [3.05, 3.63) is 83.9 Å². The van der Waals surface area contributed by atoms with Crippen LogP contribution in [0.25, 0.3) is 21.5 Å². The summed E-state index contributed by atoms with van der Waals surface area (Å²) in [6.07, 6.45) is 7.62. The average Bonchev–Trinajstić information content (AvgIpc) is 3.35. The molecule has 4 aromatic rings. The summed E-state index contributed by atoms with van der Waals surface area (Å²) in [5, 5.41) is 5.53. The Kier molecular flexibility index (Phi) is 16.1. The largest absolute Gasteiger partial charge is 1.00 e. The van der Waals surface area contributed by atoms with E-state index in [4.69, 9.17) is 0 Å². The topological polar surface area (TPSA) is 0 Å². The van der Waals surface area contributed by atoms with Gasteiger partial charge in [-0.25, -0.2) is 0 Å². The molecule has 0 heterocycles. The molecule has 0 aliphatic rings. The molecule has 4 rings (SSSR count). The molecule has 0 radical (unpaired) electrons. The summed E-state index contributed by atoms with van der Waals surface area (Å²) < 4.78 is 3.34. The third-order valence-electron chi connectivity index (χ3n) is 4.99. The van der Waals surface area contributed by atoms with Gasteiger partial charge in [0, 0.05) is 0 Å². The van der Waals surface area contributed by atoms with Crippen molar-refractivity contribution in [1.29, 1.82) is 0 Å². The van der Waals surface area contributed by atoms with E-state index in [0.29, 0.717) is 0 Å². The van der Waals surface area contributed by atoms with E-state index in [-0.39, 0.29) is 24.8 Å². The molecule has 0 amide bonds. The van der Waals surface area contributed by atoms with Crippen LogP contribution in [0, 0.1) is 0 Å². The van der Waals surface area contributed by atoms with Crippen LogP contribution < -0.4 is 24.8 Å². The molecule has 0 nitrogen and oxygen atoms in total. The van der Waals surface area contributed by atoms with Crippen LogP contribution in [-0.4, -0.2) is 4.21 Å². The Bertz CT molecular complexity index is 807. The van der Waals surface area contributed by atoms with Gasteiger partial charge >= 0.3 is 28.4 Å². The minimum absolute atomic E-state index is 0. The average molecular weight is 519 g/mol. The van der Waals surface area contributed by atoms with Crippen LogP contribution in [0.3, 0.4) is 0 Å². The van der Waals surface area contributed by atoms with Crippen molar-refractivity contribution in [1.82, 2.24) is 0 Å². The van der Waals surface area contributed by atoms with Gasteiger partial charge < -0.3 is 24.8 Å². The zero-order valence-electron chi connectivity index (χ0n) is 18.1. The summed E-state index contributed by atoms with van der Waals surface area (Å²) in [6.45, 7) is 4.48. The van der Waals surface area contributed by atoms with E-state index in [9.17, 15) is 0 Å². The summed E-state index contributed by atoms with van der Waals surface area (Å²) >= 11 is 1.30. The van der Waals surface area contributed by atoms with Gasteiger partial charge in [0.2, 0.25) is 0 Å². The fraction of sp³-hybridized carbons (Fsp3) is 0.296. The Labute approximate surface area is 209 Å². The van der Waals surface area contributed by atoms with Gasteiger partial charge in [0.05, 0.1) is 0 Å². The number of fused-ring (bicyclic) bond motifs is 2. The van der Waals surface area contributed by atoms with E-state index < -0.39 is 0 Å². The summed E-state index contributed by atoms with van der Waals surface area (Å²) in [5.41, 5.74) is 2.98. The molecular weight excluding hydrogens is 486 g/mol. The monoisotopic (exact) mass is 516 g/mol. The summed E-state index contributed by atoms with van der Waals surface area (Å²) in [4.78, 5) is 0. The SMILES string of the molecule is CCCCc1cc2ccccc2[cH-]1.CCCCc1cc2ccccc2[cH-]1.[CH2]=[Zr+2].[Cl-].[Cl-]. The predicted molar refractivity (Wildman–Crippen MR) is 123 cm³/mol. The molecule has 0 bridgehead atoms. The standard InChI is InChI=1S/2C13H15.CH2.2ClH.Zr/c2*1-2-3-6-11-9-12-7-4-5-8-13(12)10-11;;;;/h2*4-5,7-10H,2-3,6H2,1H3;1H2;2*1H;/q2*-1;;;;+2/p-2. The van der Waals surface area contributed by atoms with Crippen molar-refractivity contribution in [3.8, 4) is 0 Å². The smallest absolute Gasteiger partial charge is 1.00 e. The Morgan fingerprint density at radius 1 is 0.667 bits per heavy atom. The third-order valence-corrected chi connectivity index (χ3v) is 4.99. The van der Waals surface area contributed by atoms with Gasteiger partial charge in [0.1, 0.15) is 0 Å². The molecule has 0 aromatic heterocycles. The first-order chi connectivity index (χ1) is 13.8. The van der Waals surface area contributed by atoms with Crippen LogP contribution in [0.2, 0.25) is 0 Å². The first kappa shape index (κ1) is 29.0. The van der Waals surface area contributed by atoms with E-state index in [1.165, 1.54) is 95.4 Å². The number of unbranched alkanes of at least 4 members (excludes halogenated alkanes) is 2. The molecule has 0 aliphatic carbocycles. The second kappa shape index (κ2) is 16.7. The minimum atomic E-state index is 0. The van der Waals surface area contributed by atoms with E-state index in [0.717, 1.165) is 0 Å². The maximum absolute atomic E-state index is 3.34. The van der Waals surface area contributed by atoms with Crippen LogP contribution in [0.4, 0.5) is 0 Å². The minimum Gasteiger partial charge on any atom is -1.00 e. The first-order valence-corrected chi connectivity index (χ1v) is 12.2. The van der Waals surface area contributed by atoms with Gasteiger partial charge in [0.25, 0.3) is 0 Å². The fourth-order valence-corrected chi connectivity index (χ4v) is 3.48. The van der Waals surface area contributed by atoms with E-state index in [1.807, 2.05) is 0 Å². The molecule has 0 fully saturated rings. The molecule has 30 heavy (non-hydrogen) atoms. The quantitative estimate of drug-likeness (QED) is 0.342. The maximum Gasteiger partial charge on any atom is -1.00 e. The third kappa shape index (κ3) is 9.01. The zero-order chi connectivity index (χ0) is 20.2. The van der Waals surface area contributed by atoms with Crippen molar-refractivity contribution in [3.63, 3.8) is 0 Å². The van der Waals surface area contributed by atoms with Gasteiger partial charge in [-0.05, 0) is 12.8 Å². The Morgan fingerprint density at radius 3 is 1.37 bits per heavy atom. The molecule has 0 saturated carbocycles. The molecule has 160 valence electrons. The summed E-state index contributed by atoms with van der Waals surface area (Å²) in [5.74, 6) is 0. The van der Waals surface area contributed by atoms with Gasteiger partial charge in [-0.15, -0.1) is 81.2 Å². The maximum atomic E-state index is 3.34. The second-order valence-corrected chi connectivity index (χ2v) is 7.19. The number of benzene rings is 2. The van der Waals surface area contributed by atoms with Crippen LogP contribution >= 0.6 is 0 Å². The van der Waals surface area contributed by atoms with Crippen molar-refractivity contribution in [2.24, 2.45) is 0 Å². The summed E-state index contributed by atoms with van der Waals surface area (Å²) in [7, 11) is 0. The molecule has 0 aliphatic heterocycles. The molecule has 3 heteroatoms. The molecule has 0 unspecified atom stereocenters. The van der Waals surface area contributed by atoms with Gasteiger partial charge in [0.15, 0.2) is 0 Å². The van der Waals surface area contributed by atoms with Gasteiger partial charge in [-0.1, -0.05) is 51.7 Å². The molecular formula is C27H32Cl2Zr-2. The van der Waals surface area contributed by atoms with Crippen molar-refractivity contribution in [2.75, 3.05) is 0 Å². The first-order valence-electron chi connectivity index (χ1n) is 10.4. The Morgan fingerprint density at radius 2 is 1.03 bits per heavy atom. The van der Waals surface area contributed by atoms with Gasteiger partial charge in [-0.2, -0.15) is 12.1 Å². The molecule has 0 atom stereocenters. The number of hydrogen-bond acceptors (Lipinski definition) is 0. The van der Waals surface area contributed by atoms with Crippen molar-refractivity contribution < 1.29 is 49.0 Å². The number of halogens is 2. The molecule has 0 N–H and O–H groups in total. The fourth-order valence-electron chi connectivity index (χ4n) is 3.48. The zero-order valence-corrected chi connectivity index (χ0v) is 22.1. The number of aryl methyl sites for hydroxylation is 2.